The average Bonchev–Trinajstić information content (AvgIpc) is 3.02. The Hall–Kier alpha value is -1.69. The van der Waals surface area contributed by atoms with Crippen molar-refractivity contribution in [3.63, 3.8) is 0 Å². The Bertz CT molecular complexity index is 617. The number of aromatic nitrogens is 1. The predicted molar refractivity (Wildman–Crippen MR) is 91.3 cm³/mol. The van der Waals surface area contributed by atoms with E-state index in [0.29, 0.717) is 12.0 Å². The molecule has 128 valence electrons. The molecular formula is C19H25N3O2. The summed E-state index contributed by atoms with van der Waals surface area (Å²) in [5.41, 5.74) is 2.54. The van der Waals surface area contributed by atoms with E-state index in [1.807, 2.05) is 24.7 Å². The highest BCUT2D eigenvalue weighted by atomic mass is 16.5. The molecule has 4 rings (SSSR count). The number of furan rings is 1. The maximum atomic E-state index is 6.20. The molecular weight excluding hydrogens is 302 g/mol. The first-order valence-corrected chi connectivity index (χ1v) is 8.83. The van der Waals surface area contributed by atoms with Crippen LogP contribution in [0, 0.1) is 5.92 Å². The summed E-state index contributed by atoms with van der Waals surface area (Å²) in [5, 5.41) is 0. The number of rotatable bonds is 4. The number of piperidine rings is 1. The van der Waals surface area contributed by atoms with Crippen molar-refractivity contribution >= 4 is 0 Å². The molecule has 0 radical (unpaired) electrons. The first kappa shape index (κ1) is 15.8. The van der Waals surface area contributed by atoms with Gasteiger partial charge in [0, 0.05) is 56.6 Å². The maximum absolute atomic E-state index is 6.20. The molecule has 2 fully saturated rings. The molecule has 0 aliphatic carbocycles. The first-order chi connectivity index (χ1) is 11.9. The van der Waals surface area contributed by atoms with Crippen LogP contribution in [0.5, 0.6) is 0 Å². The average molecular weight is 327 g/mol. The van der Waals surface area contributed by atoms with Gasteiger partial charge in [0.05, 0.1) is 25.2 Å². The lowest BCUT2D eigenvalue weighted by Crippen LogP contribution is -2.46. The van der Waals surface area contributed by atoms with Crippen LogP contribution in [0.15, 0.2) is 47.5 Å². The van der Waals surface area contributed by atoms with Gasteiger partial charge >= 0.3 is 0 Å². The van der Waals surface area contributed by atoms with Crippen LogP contribution in [0.2, 0.25) is 0 Å². The highest BCUT2D eigenvalue weighted by Crippen LogP contribution is 2.25. The van der Waals surface area contributed by atoms with Gasteiger partial charge < -0.3 is 9.15 Å². The first-order valence-electron chi connectivity index (χ1n) is 8.83. The highest BCUT2D eigenvalue weighted by Gasteiger charge is 2.33. The quantitative estimate of drug-likeness (QED) is 0.862. The van der Waals surface area contributed by atoms with Gasteiger partial charge in [-0.3, -0.25) is 14.8 Å². The predicted octanol–water partition coefficient (Wildman–Crippen LogP) is 2.40. The van der Waals surface area contributed by atoms with Gasteiger partial charge in [-0.1, -0.05) is 6.07 Å². The van der Waals surface area contributed by atoms with Crippen LogP contribution in [0.3, 0.4) is 0 Å². The fourth-order valence-corrected chi connectivity index (χ4v) is 3.86. The molecule has 0 bridgehead atoms. The Labute approximate surface area is 143 Å². The lowest BCUT2D eigenvalue weighted by Gasteiger charge is -2.37. The molecule has 2 aromatic rings. The van der Waals surface area contributed by atoms with Crippen molar-refractivity contribution in [1.29, 1.82) is 0 Å². The molecule has 5 heteroatoms. The van der Waals surface area contributed by atoms with Gasteiger partial charge in [0.2, 0.25) is 0 Å². The summed E-state index contributed by atoms with van der Waals surface area (Å²) in [4.78, 5) is 9.24. The van der Waals surface area contributed by atoms with Crippen molar-refractivity contribution in [2.75, 3.05) is 32.8 Å². The smallest absolute Gasteiger partial charge is 0.0947 e. The van der Waals surface area contributed by atoms with Crippen molar-refractivity contribution < 1.29 is 9.15 Å². The molecule has 0 spiro atoms. The van der Waals surface area contributed by atoms with Crippen molar-refractivity contribution in [3.05, 3.63) is 54.2 Å². The van der Waals surface area contributed by atoms with E-state index in [9.17, 15) is 0 Å². The van der Waals surface area contributed by atoms with Gasteiger partial charge in [-0.2, -0.15) is 0 Å². The fraction of sp³-hybridized carbons (Fsp3) is 0.526. The van der Waals surface area contributed by atoms with E-state index in [-0.39, 0.29) is 0 Å². The van der Waals surface area contributed by atoms with Gasteiger partial charge in [-0.25, -0.2) is 0 Å². The third-order valence-corrected chi connectivity index (χ3v) is 5.13. The fourth-order valence-electron chi connectivity index (χ4n) is 3.86. The van der Waals surface area contributed by atoms with E-state index in [4.69, 9.17) is 9.15 Å². The zero-order chi connectivity index (χ0) is 16.2. The number of hydrogen-bond acceptors (Lipinski definition) is 5. The van der Waals surface area contributed by atoms with E-state index in [0.717, 1.165) is 45.9 Å². The molecule has 0 amide bonds. The summed E-state index contributed by atoms with van der Waals surface area (Å²) in [5.74, 6) is 0.629. The molecule has 2 aromatic heterocycles. The normalized spacial score (nSPS) is 26.0. The Balaban J connectivity index is 1.34. The minimum absolute atomic E-state index is 0.351. The van der Waals surface area contributed by atoms with Gasteiger partial charge in [-0.05, 0) is 30.7 Å². The number of fused-ring (bicyclic) bond motifs is 1. The molecule has 0 N–H and O–H groups in total. The second-order valence-corrected chi connectivity index (χ2v) is 6.92. The molecule has 0 saturated carbocycles. The number of hydrogen-bond donors (Lipinski definition) is 0. The van der Waals surface area contributed by atoms with Crippen molar-refractivity contribution in [2.24, 2.45) is 5.92 Å². The number of pyridine rings is 1. The van der Waals surface area contributed by atoms with Crippen molar-refractivity contribution in [2.45, 2.75) is 25.6 Å². The van der Waals surface area contributed by atoms with Gasteiger partial charge in [-0.15, -0.1) is 0 Å². The minimum Gasteiger partial charge on any atom is -0.472 e. The summed E-state index contributed by atoms with van der Waals surface area (Å²) in [6, 6.07) is 6.22. The largest absolute Gasteiger partial charge is 0.472 e. The third-order valence-electron chi connectivity index (χ3n) is 5.13. The van der Waals surface area contributed by atoms with E-state index < -0.39 is 0 Å². The SMILES string of the molecule is c1cncc(CN2CCO[C@H]3CN(Cc4ccoc4)CC[C@H]3C2)c1. The summed E-state index contributed by atoms with van der Waals surface area (Å²) in [6.45, 7) is 7.04. The number of ether oxygens (including phenoxy) is 1. The van der Waals surface area contributed by atoms with E-state index in [1.54, 1.807) is 6.26 Å². The molecule has 0 unspecified atom stereocenters. The molecule has 0 aromatic carbocycles. The topological polar surface area (TPSA) is 41.7 Å². The van der Waals surface area contributed by atoms with E-state index >= 15 is 0 Å². The molecule has 4 heterocycles. The Morgan fingerprint density at radius 3 is 2.83 bits per heavy atom. The van der Waals surface area contributed by atoms with Crippen molar-refractivity contribution in [1.82, 2.24) is 14.8 Å². The van der Waals surface area contributed by atoms with Crippen LogP contribution in [0.25, 0.3) is 0 Å². The summed E-state index contributed by atoms with van der Waals surface area (Å²) in [7, 11) is 0. The Morgan fingerprint density at radius 2 is 2.00 bits per heavy atom. The molecule has 5 nitrogen and oxygen atoms in total. The van der Waals surface area contributed by atoms with Crippen LogP contribution >= 0.6 is 0 Å². The second-order valence-electron chi connectivity index (χ2n) is 6.92. The molecule has 2 aliphatic rings. The maximum Gasteiger partial charge on any atom is 0.0947 e. The van der Waals surface area contributed by atoms with Crippen LogP contribution in [0.1, 0.15) is 17.5 Å². The molecule has 2 saturated heterocycles. The van der Waals surface area contributed by atoms with Crippen LogP contribution in [-0.2, 0) is 17.8 Å². The second kappa shape index (κ2) is 7.47. The number of likely N-dealkylation sites (tertiary alicyclic amines) is 1. The summed E-state index contributed by atoms with van der Waals surface area (Å²) in [6.07, 6.45) is 8.95. The third kappa shape index (κ3) is 3.86. The lowest BCUT2D eigenvalue weighted by molar-refractivity contribution is -0.0242. The van der Waals surface area contributed by atoms with Crippen LogP contribution < -0.4 is 0 Å². The molecule has 24 heavy (non-hydrogen) atoms. The molecule has 2 aliphatic heterocycles. The highest BCUT2D eigenvalue weighted by molar-refractivity contribution is 5.08. The number of nitrogens with zero attached hydrogens (tertiary/aromatic N) is 3. The van der Waals surface area contributed by atoms with E-state index in [2.05, 4.69) is 26.9 Å². The van der Waals surface area contributed by atoms with Crippen molar-refractivity contribution in [3.8, 4) is 0 Å². The Morgan fingerprint density at radius 1 is 1.08 bits per heavy atom. The van der Waals surface area contributed by atoms with Crippen LogP contribution in [-0.4, -0.2) is 53.7 Å². The van der Waals surface area contributed by atoms with Crippen LogP contribution in [0.4, 0.5) is 0 Å². The zero-order valence-corrected chi connectivity index (χ0v) is 14.0. The van der Waals surface area contributed by atoms with Gasteiger partial charge in [0.1, 0.15) is 0 Å². The standard InChI is InChI=1S/C19H25N3O2/c1-2-16(10-20-5-1)11-22-7-9-24-19-14-21(6-3-18(19)13-22)12-17-4-8-23-15-17/h1-2,4-5,8,10,15,18-19H,3,6-7,9,11-14H2/t18-,19-/m0/s1. The van der Waals surface area contributed by atoms with Gasteiger partial charge in [0.25, 0.3) is 0 Å². The molecule has 2 atom stereocenters. The lowest BCUT2D eigenvalue weighted by atomic mass is 9.93. The van der Waals surface area contributed by atoms with E-state index in [1.165, 1.54) is 17.5 Å². The Kier molecular flexibility index (Phi) is 4.92. The minimum atomic E-state index is 0.351. The zero-order valence-electron chi connectivity index (χ0n) is 14.0. The summed E-state index contributed by atoms with van der Waals surface area (Å²) < 4.78 is 11.4. The van der Waals surface area contributed by atoms with Gasteiger partial charge in [0.15, 0.2) is 0 Å². The summed E-state index contributed by atoms with van der Waals surface area (Å²) >= 11 is 0. The monoisotopic (exact) mass is 327 g/mol.